The maximum absolute atomic E-state index is 12.3. The van der Waals surface area contributed by atoms with Crippen molar-refractivity contribution in [3.05, 3.63) is 35.4 Å². The number of rotatable bonds is 6. The van der Waals surface area contributed by atoms with E-state index in [2.05, 4.69) is 38.1 Å². The van der Waals surface area contributed by atoms with Crippen molar-refractivity contribution in [3.63, 3.8) is 0 Å². The number of hydrogen-bond donors (Lipinski definition) is 0. The lowest BCUT2D eigenvalue weighted by Gasteiger charge is -2.16. The van der Waals surface area contributed by atoms with Crippen LogP contribution in [0.4, 0.5) is 0 Å². The van der Waals surface area contributed by atoms with Crippen LogP contribution in [0.5, 0.6) is 0 Å². The third-order valence-corrected chi connectivity index (χ3v) is 4.23. The molecule has 1 heterocycles. The lowest BCUT2D eigenvalue weighted by molar-refractivity contribution is -0.149. The van der Waals surface area contributed by atoms with Crippen LogP contribution in [0.2, 0.25) is 0 Å². The van der Waals surface area contributed by atoms with Crippen molar-refractivity contribution in [1.29, 1.82) is 0 Å². The summed E-state index contributed by atoms with van der Waals surface area (Å²) in [7, 11) is 0. The first kappa shape index (κ1) is 15.0. The van der Waals surface area contributed by atoms with Crippen molar-refractivity contribution in [1.82, 2.24) is 0 Å². The zero-order chi connectivity index (χ0) is 14.8. The van der Waals surface area contributed by atoms with Gasteiger partial charge in [-0.25, -0.2) is 4.79 Å². The Morgan fingerprint density at radius 2 is 1.85 bits per heavy atom. The first-order valence-electron chi connectivity index (χ1n) is 7.50. The molecule has 1 aromatic carbocycles. The molecular weight excluding hydrogens is 252 g/mol. The third kappa shape index (κ3) is 2.24. The monoisotopic (exact) mass is 276 g/mol. The van der Waals surface area contributed by atoms with Gasteiger partial charge in [-0.3, -0.25) is 0 Å². The van der Waals surface area contributed by atoms with Crippen molar-refractivity contribution < 1.29 is 14.3 Å². The van der Waals surface area contributed by atoms with Gasteiger partial charge >= 0.3 is 5.97 Å². The molecule has 0 aliphatic carbocycles. The first-order chi connectivity index (χ1) is 9.54. The average molecular weight is 276 g/mol. The Morgan fingerprint density at radius 3 is 2.35 bits per heavy atom. The van der Waals surface area contributed by atoms with E-state index in [1.54, 1.807) is 0 Å². The van der Waals surface area contributed by atoms with Crippen molar-refractivity contribution in [2.45, 2.75) is 58.2 Å². The van der Waals surface area contributed by atoms with Crippen molar-refractivity contribution >= 4 is 5.97 Å². The van der Waals surface area contributed by atoms with Crippen LogP contribution < -0.4 is 0 Å². The quantitative estimate of drug-likeness (QED) is 0.588. The zero-order valence-electron chi connectivity index (χ0n) is 12.9. The summed E-state index contributed by atoms with van der Waals surface area (Å²) in [4.78, 5) is 12.3. The fraction of sp³-hybridized carbons (Fsp3) is 0.588. The summed E-state index contributed by atoms with van der Waals surface area (Å²) in [6.45, 7) is 8.39. The largest absolute Gasteiger partial charge is 0.464 e. The second-order valence-corrected chi connectivity index (χ2v) is 5.48. The summed E-state index contributed by atoms with van der Waals surface area (Å²) < 4.78 is 11.2. The first-order valence-corrected chi connectivity index (χ1v) is 7.50. The Labute approximate surface area is 121 Å². The smallest absolute Gasteiger partial charge is 0.341 e. The van der Waals surface area contributed by atoms with Gasteiger partial charge in [0, 0.05) is 0 Å². The van der Waals surface area contributed by atoms with E-state index in [1.165, 1.54) is 5.56 Å². The highest BCUT2D eigenvalue weighted by Gasteiger charge is 2.73. The molecule has 3 heteroatoms. The second kappa shape index (κ2) is 5.57. The van der Waals surface area contributed by atoms with Gasteiger partial charge in [-0.15, -0.1) is 0 Å². The average Bonchev–Trinajstić information content (AvgIpc) is 3.07. The molecule has 3 nitrogen and oxygen atoms in total. The summed E-state index contributed by atoms with van der Waals surface area (Å²) in [5, 5.41) is 0. The van der Waals surface area contributed by atoms with E-state index in [1.807, 2.05) is 13.8 Å². The van der Waals surface area contributed by atoms with Gasteiger partial charge in [-0.1, -0.05) is 44.5 Å². The molecule has 0 N–H and O–H groups in total. The lowest BCUT2D eigenvalue weighted by Crippen LogP contribution is -2.33. The standard InChI is InChI=1S/C17H24O3/c1-5-12-17(15(18)19-7-3)16(4,20-17)14-10-8-13(6-2)9-11-14/h8-11H,5-7,12H2,1-4H3. The van der Waals surface area contributed by atoms with Crippen LogP contribution in [0, 0.1) is 0 Å². The predicted octanol–water partition coefficient (Wildman–Crippen LogP) is 3.60. The summed E-state index contributed by atoms with van der Waals surface area (Å²) in [6.07, 6.45) is 2.59. The molecule has 0 aromatic heterocycles. The lowest BCUT2D eigenvalue weighted by atomic mass is 9.84. The highest BCUT2D eigenvalue weighted by Crippen LogP contribution is 2.58. The van der Waals surface area contributed by atoms with Gasteiger partial charge in [0.1, 0.15) is 5.60 Å². The van der Waals surface area contributed by atoms with Crippen LogP contribution in [-0.4, -0.2) is 18.2 Å². The fourth-order valence-corrected chi connectivity index (χ4v) is 2.90. The van der Waals surface area contributed by atoms with E-state index >= 15 is 0 Å². The van der Waals surface area contributed by atoms with Crippen molar-refractivity contribution in [3.8, 4) is 0 Å². The summed E-state index contributed by atoms with van der Waals surface area (Å²) in [5.41, 5.74) is 0.985. The molecule has 0 saturated carbocycles. The van der Waals surface area contributed by atoms with Gasteiger partial charge in [0.15, 0.2) is 5.60 Å². The van der Waals surface area contributed by atoms with Crippen molar-refractivity contribution in [2.24, 2.45) is 0 Å². The maximum atomic E-state index is 12.3. The molecular formula is C17H24O3. The molecule has 1 saturated heterocycles. The highest BCUT2D eigenvalue weighted by molar-refractivity contribution is 5.85. The summed E-state index contributed by atoms with van der Waals surface area (Å²) in [5.74, 6) is -0.232. The molecule has 1 fully saturated rings. The normalized spacial score (nSPS) is 28.2. The summed E-state index contributed by atoms with van der Waals surface area (Å²) in [6, 6.07) is 8.33. The number of benzene rings is 1. The van der Waals surface area contributed by atoms with E-state index in [9.17, 15) is 4.79 Å². The van der Waals surface area contributed by atoms with Crippen LogP contribution in [0.1, 0.15) is 51.7 Å². The molecule has 1 aliphatic heterocycles. The maximum Gasteiger partial charge on any atom is 0.341 e. The van der Waals surface area contributed by atoms with Gasteiger partial charge < -0.3 is 9.47 Å². The Bertz CT molecular complexity index is 480. The zero-order valence-corrected chi connectivity index (χ0v) is 12.9. The fourth-order valence-electron chi connectivity index (χ4n) is 2.90. The molecule has 2 rings (SSSR count). The number of ether oxygens (including phenoxy) is 2. The number of aryl methyl sites for hydroxylation is 1. The van der Waals surface area contributed by atoms with E-state index in [-0.39, 0.29) is 5.97 Å². The molecule has 1 aliphatic rings. The topological polar surface area (TPSA) is 38.8 Å². The van der Waals surface area contributed by atoms with E-state index in [4.69, 9.17) is 9.47 Å². The van der Waals surface area contributed by atoms with Gasteiger partial charge in [-0.05, 0) is 37.8 Å². The molecule has 2 atom stereocenters. The molecule has 0 spiro atoms. The van der Waals surface area contributed by atoms with E-state index in [0.717, 1.165) is 18.4 Å². The number of carbonyl (C=O) groups is 1. The number of carbonyl (C=O) groups excluding carboxylic acids is 1. The predicted molar refractivity (Wildman–Crippen MR) is 78.5 cm³/mol. The minimum atomic E-state index is -0.800. The Morgan fingerprint density at radius 1 is 1.20 bits per heavy atom. The molecule has 1 aromatic rings. The van der Waals surface area contributed by atoms with E-state index < -0.39 is 11.2 Å². The van der Waals surface area contributed by atoms with E-state index in [0.29, 0.717) is 13.0 Å². The minimum absolute atomic E-state index is 0.232. The van der Waals surface area contributed by atoms with Crippen LogP contribution in [0.15, 0.2) is 24.3 Å². The highest BCUT2D eigenvalue weighted by atomic mass is 16.7. The number of hydrogen-bond acceptors (Lipinski definition) is 3. The van der Waals surface area contributed by atoms with Crippen LogP contribution in [0.3, 0.4) is 0 Å². The second-order valence-electron chi connectivity index (χ2n) is 5.48. The van der Waals surface area contributed by atoms with Gasteiger partial charge in [-0.2, -0.15) is 0 Å². The summed E-state index contributed by atoms with van der Waals surface area (Å²) >= 11 is 0. The number of esters is 1. The van der Waals surface area contributed by atoms with Gasteiger partial charge in [0.25, 0.3) is 0 Å². The minimum Gasteiger partial charge on any atom is -0.464 e. The Kier molecular flexibility index (Phi) is 4.19. The Balaban J connectivity index is 2.27. The molecule has 0 bridgehead atoms. The molecule has 110 valence electrons. The third-order valence-electron chi connectivity index (χ3n) is 4.23. The van der Waals surface area contributed by atoms with Crippen LogP contribution in [0.25, 0.3) is 0 Å². The van der Waals surface area contributed by atoms with Crippen molar-refractivity contribution in [2.75, 3.05) is 6.61 Å². The van der Waals surface area contributed by atoms with Crippen LogP contribution >= 0.6 is 0 Å². The number of epoxide rings is 1. The Hall–Kier alpha value is -1.35. The molecule has 20 heavy (non-hydrogen) atoms. The van der Waals surface area contributed by atoms with Crippen LogP contribution in [-0.2, 0) is 26.3 Å². The molecule has 0 radical (unpaired) electrons. The molecule has 2 unspecified atom stereocenters. The van der Waals surface area contributed by atoms with Gasteiger partial charge in [0.05, 0.1) is 6.61 Å². The SMILES string of the molecule is CCCC1(C(=O)OCC)OC1(C)c1ccc(CC)cc1. The van der Waals surface area contributed by atoms with Gasteiger partial charge in [0.2, 0.25) is 0 Å². The molecule has 0 amide bonds.